The first-order valence-corrected chi connectivity index (χ1v) is 17.3. The SMILES string of the molecule is CC(C)c1cc(-c2ccccc2)cc(C(C)C)c1-n1c(-c2cccc3c2oc2cc4c5ccc(C#N)cc5n(C)c4cc23)nc2ccccc21. The molecule has 0 aliphatic carbocycles. The second-order valence-corrected chi connectivity index (χ2v) is 14.0. The number of hydrogen-bond acceptors (Lipinski definition) is 3. The van der Waals surface area contributed by atoms with Crippen molar-refractivity contribution in [2.75, 3.05) is 0 Å². The van der Waals surface area contributed by atoms with Gasteiger partial charge in [-0.1, -0.05) is 88.4 Å². The summed E-state index contributed by atoms with van der Waals surface area (Å²) >= 11 is 0. The topological polar surface area (TPSA) is 59.7 Å². The van der Waals surface area contributed by atoms with Gasteiger partial charge in [0, 0.05) is 34.1 Å². The maximum Gasteiger partial charge on any atom is 0.149 e. The van der Waals surface area contributed by atoms with E-state index < -0.39 is 0 Å². The molecule has 5 nitrogen and oxygen atoms in total. The van der Waals surface area contributed by atoms with Crippen LogP contribution in [0.5, 0.6) is 0 Å². The number of rotatable bonds is 5. The van der Waals surface area contributed by atoms with Gasteiger partial charge in [0.05, 0.1) is 39.4 Å². The zero-order valence-electron chi connectivity index (χ0n) is 28.8. The molecule has 3 aromatic heterocycles. The molecule has 0 bridgehead atoms. The number of furan rings is 1. The highest BCUT2D eigenvalue weighted by atomic mass is 16.3. The van der Waals surface area contributed by atoms with Gasteiger partial charge in [0.2, 0.25) is 0 Å². The predicted molar refractivity (Wildman–Crippen MR) is 206 cm³/mol. The van der Waals surface area contributed by atoms with Gasteiger partial charge < -0.3 is 8.98 Å². The molecule has 9 rings (SSSR count). The maximum absolute atomic E-state index is 9.52. The van der Waals surface area contributed by atoms with E-state index in [-0.39, 0.29) is 11.8 Å². The maximum atomic E-state index is 9.52. The molecule has 50 heavy (non-hydrogen) atoms. The van der Waals surface area contributed by atoms with Gasteiger partial charge in [-0.2, -0.15) is 5.26 Å². The number of imidazole rings is 1. The highest BCUT2D eigenvalue weighted by Crippen LogP contribution is 2.43. The number of benzene rings is 6. The van der Waals surface area contributed by atoms with Crippen molar-refractivity contribution in [3.63, 3.8) is 0 Å². The van der Waals surface area contributed by atoms with Gasteiger partial charge in [0.1, 0.15) is 17.0 Å². The fourth-order valence-corrected chi connectivity index (χ4v) is 7.79. The standard InChI is InChI=1S/C45H36N4O/c1-26(2)34-21-30(29-12-7-6-8-13-29)22-35(27(3)4)43(34)49-39-17-10-9-16-38(39)47-45(49)33-15-11-14-32-37-23-41-36(24-42(37)50-44(32)33)31-19-18-28(25-46)20-40(31)48(41)5/h6-24,26-27H,1-5H3. The van der Waals surface area contributed by atoms with E-state index in [1.54, 1.807) is 0 Å². The van der Waals surface area contributed by atoms with Crippen molar-refractivity contribution in [3.05, 3.63) is 132 Å². The minimum atomic E-state index is 0.272. The van der Waals surface area contributed by atoms with Gasteiger partial charge in [-0.3, -0.25) is 4.57 Å². The summed E-state index contributed by atoms with van der Waals surface area (Å²) in [5.74, 6) is 1.41. The minimum Gasteiger partial charge on any atom is -0.455 e. The van der Waals surface area contributed by atoms with Gasteiger partial charge >= 0.3 is 0 Å². The Kier molecular flexibility index (Phi) is 6.73. The first-order chi connectivity index (χ1) is 24.3. The van der Waals surface area contributed by atoms with Crippen molar-refractivity contribution >= 4 is 54.8 Å². The fraction of sp³-hybridized carbons (Fsp3) is 0.156. The van der Waals surface area contributed by atoms with E-state index in [0.717, 1.165) is 66.2 Å². The van der Waals surface area contributed by atoms with Gasteiger partial charge in [-0.15, -0.1) is 0 Å². The molecule has 0 N–H and O–H groups in total. The van der Waals surface area contributed by atoms with Crippen LogP contribution in [0, 0.1) is 11.3 Å². The van der Waals surface area contributed by atoms with E-state index >= 15 is 0 Å². The zero-order valence-corrected chi connectivity index (χ0v) is 28.8. The monoisotopic (exact) mass is 648 g/mol. The predicted octanol–water partition coefficient (Wildman–Crippen LogP) is 12.0. The van der Waals surface area contributed by atoms with Crippen molar-refractivity contribution in [1.82, 2.24) is 14.1 Å². The summed E-state index contributed by atoms with van der Waals surface area (Å²) in [5, 5.41) is 13.8. The van der Waals surface area contributed by atoms with E-state index in [4.69, 9.17) is 9.40 Å². The largest absolute Gasteiger partial charge is 0.455 e. The Balaban J connectivity index is 1.34. The van der Waals surface area contributed by atoms with Crippen molar-refractivity contribution in [3.8, 4) is 34.3 Å². The number of nitrogens with zero attached hydrogens (tertiary/aromatic N) is 4. The molecule has 6 aromatic carbocycles. The number of nitriles is 1. The van der Waals surface area contributed by atoms with Crippen molar-refractivity contribution in [2.45, 2.75) is 39.5 Å². The highest BCUT2D eigenvalue weighted by molar-refractivity contribution is 6.18. The summed E-state index contributed by atoms with van der Waals surface area (Å²) in [7, 11) is 2.06. The average Bonchev–Trinajstić information content (AvgIpc) is 3.79. The van der Waals surface area contributed by atoms with Crippen LogP contribution in [0.25, 0.3) is 83.0 Å². The lowest BCUT2D eigenvalue weighted by atomic mass is 9.88. The van der Waals surface area contributed by atoms with Crippen LogP contribution in [0.1, 0.15) is 56.2 Å². The highest BCUT2D eigenvalue weighted by Gasteiger charge is 2.26. The molecule has 0 amide bonds. The van der Waals surface area contributed by atoms with Crippen LogP contribution in [0.2, 0.25) is 0 Å². The molecule has 0 saturated carbocycles. The van der Waals surface area contributed by atoms with Crippen molar-refractivity contribution in [2.24, 2.45) is 7.05 Å². The summed E-state index contributed by atoms with van der Waals surface area (Å²) in [6.45, 7) is 9.13. The number of para-hydroxylation sites is 3. The lowest BCUT2D eigenvalue weighted by Gasteiger charge is -2.24. The second-order valence-electron chi connectivity index (χ2n) is 14.0. The Morgan fingerprint density at radius 3 is 2.10 bits per heavy atom. The summed E-state index contributed by atoms with van der Waals surface area (Å²) in [6.07, 6.45) is 0. The van der Waals surface area contributed by atoms with E-state index in [1.165, 1.54) is 27.9 Å². The summed E-state index contributed by atoms with van der Waals surface area (Å²) in [5.41, 5.74) is 13.6. The molecule has 0 aliphatic rings. The summed E-state index contributed by atoms with van der Waals surface area (Å²) in [6, 6.07) is 42.8. The molecule has 242 valence electrons. The van der Waals surface area contributed by atoms with Crippen LogP contribution < -0.4 is 0 Å². The van der Waals surface area contributed by atoms with Gasteiger partial charge in [0.25, 0.3) is 0 Å². The Hall–Kier alpha value is -6.12. The Morgan fingerprint density at radius 1 is 0.640 bits per heavy atom. The molecule has 0 saturated heterocycles. The fourth-order valence-electron chi connectivity index (χ4n) is 7.79. The van der Waals surface area contributed by atoms with Crippen molar-refractivity contribution in [1.29, 1.82) is 5.26 Å². The first kappa shape index (κ1) is 30.0. The third-order valence-corrected chi connectivity index (χ3v) is 10.3. The molecule has 5 heteroatoms. The Labute approximate surface area is 290 Å². The third kappa shape index (κ3) is 4.42. The molecular formula is C45H36N4O. The Morgan fingerprint density at radius 2 is 1.36 bits per heavy atom. The minimum absolute atomic E-state index is 0.272. The van der Waals surface area contributed by atoms with Crippen molar-refractivity contribution < 1.29 is 4.42 Å². The van der Waals surface area contributed by atoms with Gasteiger partial charge in [0.15, 0.2) is 0 Å². The molecule has 9 aromatic rings. The van der Waals surface area contributed by atoms with Crippen LogP contribution in [0.3, 0.4) is 0 Å². The molecule has 3 heterocycles. The van der Waals surface area contributed by atoms with Crippen LogP contribution in [0.4, 0.5) is 0 Å². The number of hydrogen-bond donors (Lipinski definition) is 0. The van der Waals surface area contributed by atoms with E-state index in [0.29, 0.717) is 5.56 Å². The molecular weight excluding hydrogens is 613 g/mol. The molecule has 0 spiro atoms. The number of fused-ring (bicyclic) bond motifs is 7. The normalized spacial score (nSPS) is 12.0. The van der Waals surface area contributed by atoms with Gasteiger partial charge in [-0.25, -0.2) is 4.98 Å². The summed E-state index contributed by atoms with van der Waals surface area (Å²) in [4.78, 5) is 5.35. The van der Waals surface area contributed by atoms with Crippen LogP contribution in [-0.4, -0.2) is 14.1 Å². The zero-order chi connectivity index (χ0) is 34.3. The smallest absolute Gasteiger partial charge is 0.149 e. The molecule has 0 atom stereocenters. The van der Waals surface area contributed by atoms with Crippen LogP contribution in [-0.2, 0) is 7.05 Å². The average molecular weight is 649 g/mol. The van der Waals surface area contributed by atoms with Gasteiger partial charge in [-0.05, 0) is 88.7 Å². The number of aromatic nitrogens is 3. The van der Waals surface area contributed by atoms with E-state index in [9.17, 15) is 5.26 Å². The summed E-state index contributed by atoms with van der Waals surface area (Å²) < 4.78 is 11.4. The molecule has 0 radical (unpaired) electrons. The first-order valence-electron chi connectivity index (χ1n) is 17.3. The Bertz CT molecular complexity index is 2810. The van der Waals surface area contributed by atoms with E-state index in [2.05, 4.69) is 147 Å². The second kappa shape index (κ2) is 11.2. The lowest BCUT2D eigenvalue weighted by molar-refractivity contribution is 0.670. The quantitative estimate of drug-likeness (QED) is 0.187. The molecule has 0 aliphatic heterocycles. The molecule has 0 fully saturated rings. The van der Waals surface area contributed by atoms with Crippen LogP contribution in [0.15, 0.2) is 120 Å². The number of aryl methyl sites for hydroxylation is 1. The van der Waals surface area contributed by atoms with Crippen LogP contribution >= 0.6 is 0 Å². The lowest BCUT2D eigenvalue weighted by Crippen LogP contribution is -2.09. The third-order valence-electron chi connectivity index (χ3n) is 10.3. The van der Waals surface area contributed by atoms with E-state index in [1.807, 2.05) is 18.2 Å². The molecule has 0 unspecified atom stereocenters.